The summed E-state index contributed by atoms with van der Waals surface area (Å²) in [5, 5.41) is 11.2. The standard InChI is InChI=1S/C17H25ClO/c1-16(2,3)15-11-17(4,19)10-9-14(15)12-5-7-13(18)8-6-12/h5-8,14-15,19H,9-11H2,1-4H3/t14-,15?,17?/m0/s1. The molecule has 1 aliphatic rings. The number of rotatable bonds is 1. The van der Waals surface area contributed by atoms with Crippen molar-refractivity contribution in [3.05, 3.63) is 34.9 Å². The van der Waals surface area contributed by atoms with E-state index in [1.54, 1.807) is 0 Å². The van der Waals surface area contributed by atoms with Crippen molar-refractivity contribution < 1.29 is 5.11 Å². The van der Waals surface area contributed by atoms with E-state index in [-0.39, 0.29) is 5.41 Å². The molecule has 2 unspecified atom stereocenters. The molecule has 19 heavy (non-hydrogen) atoms. The van der Waals surface area contributed by atoms with E-state index in [0.717, 1.165) is 24.3 Å². The van der Waals surface area contributed by atoms with E-state index < -0.39 is 5.60 Å². The Bertz CT molecular complexity index is 428. The molecule has 0 saturated heterocycles. The summed E-state index contributed by atoms with van der Waals surface area (Å²) in [6.45, 7) is 8.82. The van der Waals surface area contributed by atoms with Gasteiger partial charge in [0.2, 0.25) is 0 Å². The number of hydrogen-bond donors (Lipinski definition) is 1. The quantitative estimate of drug-likeness (QED) is 0.766. The summed E-state index contributed by atoms with van der Waals surface area (Å²) in [5.74, 6) is 1.02. The molecule has 0 spiro atoms. The van der Waals surface area contributed by atoms with E-state index in [9.17, 15) is 5.11 Å². The van der Waals surface area contributed by atoms with E-state index >= 15 is 0 Å². The van der Waals surface area contributed by atoms with Gasteiger partial charge in [0.1, 0.15) is 0 Å². The van der Waals surface area contributed by atoms with Crippen LogP contribution in [0, 0.1) is 11.3 Å². The molecule has 2 rings (SSSR count). The van der Waals surface area contributed by atoms with Crippen LogP contribution in [0.4, 0.5) is 0 Å². The van der Waals surface area contributed by atoms with Crippen molar-refractivity contribution in [3.63, 3.8) is 0 Å². The van der Waals surface area contributed by atoms with Crippen LogP contribution in [0.2, 0.25) is 5.02 Å². The largest absolute Gasteiger partial charge is 0.390 e. The SMILES string of the molecule is CC1(O)CC[C@@H](c2ccc(Cl)cc2)C(C(C)(C)C)C1. The minimum absolute atomic E-state index is 0.203. The normalized spacial score (nSPS) is 32.3. The zero-order valence-electron chi connectivity index (χ0n) is 12.4. The third kappa shape index (κ3) is 3.52. The lowest BCUT2D eigenvalue weighted by Crippen LogP contribution is -2.41. The second-order valence-electron chi connectivity index (χ2n) is 7.37. The van der Waals surface area contributed by atoms with Crippen LogP contribution in [0.25, 0.3) is 0 Å². The fourth-order valence-electron chi connectivity index (χ4n) is 3.40. The first-order valence-corrected chi connectivity index (χ1v) is 7.55. The highest BCUT2D eigenvalue weighted by atomic mass is 35.5. The van der Waals surface area contributed by atoms with E-state index in [2.05, 4.69) is 32.9 Å². The summed E-state index contributed by atoms with van der Waals surface area (Å²) in [5.41, 5.74) is 1.05. The van der Waals surface area contributed by atoms with Gasteiger partial charge in [-0.15, -0.1) is 0 Å². The molecule has 1 fully saturated rings. The Kier molecular flexibility index (Phi) is 3.99. The summed E-state index contributed by atoms with van der Waals surface area (Å²) in [6.07, 6.45) is 2.81. The van der Waals surface area contributed by atoms with Crippen molar-refractivity contribution in [1.29, 1.82) is 0 Å². The van der Waals surface area contributed by atoms with Crippen LogP contribution in [0.5, 0.6) is 0 Å². The lowest BCUT2D eigenvalue weighted by Gasteiger charge is -2.46. The van der Waals surface area contributed by atoms with Crippen LogP contribution in [0.15, 0.2) is 24.3 Å². The number of hydrogen-bond acceptors (Lipinski definition) is 1. The van der Waals surface area contributed by atoms with Gasteiger partial charge in [0.25, 0.3) is 0 Å². The molecule has 3 atom stereocenters. The molecule has 1 N–H and O–H groups in total. The van der Waals surface area contributed by atoms with Gasteiger partial charge in [-0.05, 0) is 61.1 Å². The first-order valence-electron chi connectivity index (χ1n) is 7.17. The maximum absolute atomic E-state index is 10.4. The summed E-state index contributed by atoms with van der Waals surface area (Å²) in [6, 6.07) is 8.24. The molecule has 0 heterocycles. The van der Waals surface area contributed by atoms with Crippen molar-refractivity contribution in [3.8, 4) is 0 Å². The highest BCUT2D eigenvalue weighted by Crippen LogP contribution is 2.49. The second kappa shape index (κ2) is 5.10. The van der Waals surface area contributed by atoms with Crippen LogP contribution >= 0.6 is 11.6 Å². The minimum atomic E-state index is -0.513. The molecule has 0 radical (unpaired) electrons. The van der Waals surface area contributed by atoms with E-state index in [1.807, 2.05) is 19.1 Å². The van der Waals surface area contributed by atoms with Crippen LogP contribution in [-0.4, -0.2) is 10.7 Å². The van der Waals surface area contributed by atoms with Crippen molar-refractivity contribution in [2.75, 3.05) is 0 Å². The fourth-order valence-corrected chi connectivity index (χ4v) is 3.53. The molecule has 0 aliphatic heterocycles. The Hall–Kier alpha value is -0.530. The Morgan fingerprint density at radius 1 is 1.21 bits per heavy atom. The van der Waals surface area contributed by atoms with E-state index in [0.29, 0.717) is 11.8 Å². The lowest BCUT2D eigenvalue weighted by molar-refractivity contribution is -0.0331. The predicted molar refractivity (Wildman–Crippen MR) is 81.6 cm³/mol. The van der Waals surface area contributed by atoms with Gasteiger partial charge >= 0.3 is 0 Å². The van der Waals surface area contributed by atoms with Gasteiger partial charge in [0.15, 0.2) is 0 Å². The lowest BCUT2D eigenvalue weighted by atomic mass is 9.61. The van der Waals surface area contributed by atoms with Crippen LogP contribution in [0.3, 0.4) is 0 Å². The van der Waals surface area contributed by atoms with Crippen LogP contribution < -0.4 is 0 Å². The molecule has 1 aromatic rings. The third-order valence-electron chi connectivity index (χ3n) is 4.55. The van der Waals surface area contributed by atoms with Crippen molar-refractivity contribution in [2.45, 2.75) is 58.5 Å². The molecule has 1 nitrogen and oxygen atoms in total. The zero-order valence-corrected chi connectivity index (χ0v) is 13.2. The predicted octanol–water partition coefficient (Wildman–Crippen LogP) is 5.02. The van der Waals surface area contributed by atoms with Gasteiger partial charge in [-0.3, -0.25) is 0 Å². The highest BCUT2D eigenvalue weighted by Gasteiger charge is 2.42. The van der Waals surface area contributed by atoms with Gasteiger partial charge in [0.05, 0.1) is 5.60 Å². The second-order valence-corrected chi connectivity index (χ2v) is 7.81. The molecule has 1 aliphatic carbocycles. The van der Waals surface area contributed by atoms with Crippen molar-refractivity contribution in [1.82, 2.24) is 0 Å². The molecule has 1 saturated carbocycles. The molecule has 0 bridgehead atoms. The summed E-state index contributed by atoms with van der Waals surface area (Å²) in [7, 11) is 0. The molecule has 0 amide bonds. The van der Waals surface area contributed by atoms with Crippen LogP contribution in [0.1, 0.15) is 58.4 Å². The Labute approximate surface area is 122 Å². The minimum Gasteiger partial charge on any atom is -0.390 e. The highest BCUT2D eigenvalue weighted by molar-refractivity contribution is 6.30. The maximum atomic E-state index is 10.4. The van der Waals surface area contributed by atoms with Crippen molar-refractivity contribution >= 4 is 11.6 Å². The van der Waals surface area contributed by atoms with Gasteiger partial charge in [-0.1, -0.05) is 44.5 Å². The molecule has 1 aromatic carbocycles. The molecular formula is C17H25ClO. The molecule has 2 heteroatoms. The Morgan fingerprint density at radius 2 is 1.79 bits per heavy atom. The maximum Gasteiger partial charge on any atom is 0.0623 e. The fraction of sp³-hybridized carbons (Fsp3) is 0.647. The summed E-state index contributed by atoms with van der Waals surface area (Å²) >= 11 is 5.98. The third-order valence-corrected chi connectivity index (χ3v) is 4.80. The van der Waals surface area contributed by atoms with Gasteiger partial charge in [-0.2, -0.15) is 0 Å². The molecule has 106 valence electrons. The smallest absolute Gasteiger partial charge is 0.0623 e. The van der Waals surface area contributed by atoms with Crippen LogP contribution in [-0.2, 0) is 0 Å². The first-order chi connectivity index (χ1) is 8.69. The first kappa shape index (κ1) is 14.9. The zero-order chi connectivity index (χ0) is 14.3. The van der Waals surface area contributed by atoms with Gasteiger partial charge < -0.3 is 5.11 Å². The average Bonchev–Trinajstić information content (AvgIpc) is 2.28. The van der Waals surface area contributed by atoms with Crippen molar-refractivity contribution in [2.24, 2.45) is 11.3 Å². The van der Waals surface area contributed by atoms with E-state index in [4.69, 9.17) is 11.6 Å². The topological polar surface area (TPSA) is 20.2 Å². The number of halogens is 1. The molecular weight excluding hydrogens is 256 g/mol. The monoisotopic (exact) mass is 280 g/mol. The Morgan fingerprint density at radius 3 is 2.32 bits per heavy atom. The summed E-state index contributed by atoms with van der Waals surface area (Å²) in [4.78, 5) is 0. The number of aliphatic hydroxyl groups is 1. The average molecular weight is 281 g/mol. The number of benzene rings is 1. The van der Waals surface area contributed by atoms with E-state index in [1.165, 1.54) is 5.56 Å². The Balaban J connectivity index is 2.30. The van der Waals surface area contributed by atoms with Gasteiger partial charge in [0, 0.05) is 5.02 Å². The van der Waals surface area contributed by atoms with Gasteiger partial charge in [-0.25, -0.2) is 0 Å². The molecule has 0 aromatic heterocycles. The summed E-state index contributed by atoms with van der Waals surface area (Å²) < 4.78 is 0.